The van der Waals surface area contributed by atoms with Gasteiger partial charge in [0.1, 0.15) is 0 Å². The van der Waals surface area contributed by atoms with Gasteiger partial charge in [0.05, 0.1) is 6.54 Å². The van der Waals surface area contributed by atoms with Gasteiger partial charge in [0.15, 0.2) is 10.1 Å². The van der Waals surface area contributed by atoms with E-state index in [0.717, 1.165) is 8.81 Å². The third-order valence-corrected chi connectivity index (χ3v) is 4.53. The lowest BCUT2D eigenvalue weighted by Crippen LogP contribution is -2.13. The number of ketones is 1. The Balaban J connectivity index is 1.93. The van der Waals surface area contributed by atoms with Gasteiger partial charge >= 0.3 is 0 Å². The minimum absolute atomic E-state index is 0.0309. The molecule has 0 aliphatic rings. The van der Waals surface area contributed by atoms with Crippen LogP contribution in [0.4, 0.5) is 5.13 Å². The molecule has 0 aliphatic carbocycles. The van der Waals surface area contributed by atoms with Gasteiger partial charge < -0.3 is 5.32 Å². The summed E-state index contributed by atoms with van der Waals surface area (Å²) < 4.78 is 1.84. The molecule has 2 rings (SSSR count). The van der Waals surface area contributed by atoms with E-state index in [9.17, 15) is 4.79 Å². The Bertz CT molecular complexity index is 541. The normalized spacial score (nSPS) is 10.3. The molecule has 0 atom stereocenters. The first-order chi connectivity index (χ1) is 8.69. The second-order valence-electron chi connectivity index (χ2n) is 3.36. The van der Waals surface area contributed by atoms with Gasteiger partial charge in [-0.25, -0.2) is 0 Å². The van der Waals surface area contributed by atoms with Crippen molar-refractivity contribution in [3.63, 3.8) is 0 Å². The monoisotopic (exact) mass is 343 g/mol. The molecule has 1 aromatic heterocycles. The molecule has 18 heavy (non-hydrogen) atoms. The van der Waals surface area contributed by atoms with Gasteiger partial charge in [-0.15, -0.1) is 10.2 Å². The molecule has 1 aromatic carbocycles. The lowest BCUT2D eigenvalue weighted by Gasteiger charge is -2.01. The highest BCUT2D eigenvalue weighted by Gasteiger charge is 2.07. The molecule has 1 heterocycles. The van der Waals surface area contributed by atoms with Crippen molar-refractivity contribution in [3.8, 4) is 0 Å². The summed E-state index contributed by atoms with van der Waals surface area (Å²) in [5, 5.41) is 11.5. The van der Waals surface area contributed by atoms with Crippen molar-refractivity contribution in [2.75, 3.05) is 18.1 Å². The summed E-state index contributed by atoms with van der Waals surface area (Å²) in [6.07, 6.45) is 1.94. The highest BCUT2D eigenvalue weighted by atomic mass is 79.9. The van der Waals surface area contributed by atoms with E-state index in [-0.39, 0.29) is 12.3 Å². The number of nitrogens with one attached hydrogen (secondary N) is 1. The number of aromatic nitrogens is 2. The third kappa shape index (κ3) is 3.54. The van der Waals surface area contributed by atoms with Crippen LogP contribution in [0.2, 0.25) is 0 Å². The van der Waals surface area contributed by atoms with E-state index in [0.29, 0.717) is 10.7 Å². The Morgan fingerprint density at radius 2 is 2.11 bits per heavy atom. The molecule has 0 aliphatic heterocycles. The van der Waals surface area contributed by atoms with E-state index in [1.54, 1.807) is 12.1 Å². The summed E-state index contributed by atoms with van der Waals surface area (Å²) in [6, 6.07) is 7.29. The zero-order chi connectivity index (χ0) is 13.0. The molecule has 0 unspecified atom stereocenters. The summed E-state index contributed by atoms with van der Waals surface area (Å²) in [7, 11) is 0. The van der Waals surface area contributed by atoms with E-state index < -0.39 is 0 Å². The highest BCUT2D eigenvalue weighted by Crippen LogP contribution is 2.22. The standard InChI is InChI=1S/C11H10BrN3OS2/c1-17-11-15-14-10(18-11)13-6-9(16)7-2-4-8(12)5-3-7/h2-5H,6H2,1H3,(H,13,14). The second-order valence-corrected chi connectivity index (χ2v) is 6.31. The fourth-order valence-electron chi connectivity index (χ4n) is 1.26. The lowest BCUT2D eigenvalue weighted by molar-refractivity contribution is 0.101. The van der Waals surface area contributed by atoms with Crippen LogP contribution in [0.5, 0.6) is 0 Å². The molecule has 0 saturated carbocycles. The third-order valence-electron chi connectivity index (χ3n) is 2.15. The number of carbonyl (C=O) groups excluding carboxylic acids is 1. The van der Waals surface area contributed by atoms with Crippen LogP contribution in [0.15, 0.2) is 33.1 Å². The predicted octanol–water partition coefficient (Wildman–Crippen LogP) is 3.32. The van der Waals surface area contributed by atoms with Crippen molar-refractivity contribution < 1.29 is 4.79 Å². The number of anilines is 1. The molecule has 4 nitrogen and oxygen atoms in total. The van der Waals surface area contributed by atoms with Gasteiger partial charge in [-0.1, -0.05) is 51.2 Å². The summed E-state index contributed by atoms with van der Waals surface area (Å²) in [5.74, 6) is 0.0309. The fourth-order valence-corrected chi connectivity index (χ4v) is 2.69. The Kier molecular flexibility index (Phi) is 4.73. The zero-order valence-corrected chi connectivity index (χ0v) is 12.7. The minimum atomic E-state index is 0.0309. The smallest absolute Gasteiger partial charge is 0.206 e. The van der Waals surface area contributed by atoms with Crippen molar-refractivity contribution in [2.45, 2.75) is 4.34 Å². The van der Waals surface area contributed by atoms with E-state index in [2.05, 4.69) is 31.4 Å². The summed E-state index contributed by atoms with van der Waals surface area (Å²) in [5.41, 5.74) is 0.681. The first-order valence-corrected chi connectivity index (χ1v) is 7.92. The Morgan fingerprint density at radius 3 is 2.72 bits per heavy atom. The first-order valence-electron chi connectivity index (χ1n) is 5.09. The largest absolute Gasteiger partial charge is 0.353 e. The van der Waals surface area contributed by atoms with Crippen LogP contribution in [0.1, 0.15) is 10.4 Å². The molecule has 7 heteroatoms. The number of hydrogen-bond acceptors (Lipinski definition) is 6. The van der Waals surface area contributed by atoms with Crippen LogP contribution in [0.3, 0.4) is 0 Å². The Morgan fingerprint density at radius 1 is 1.39 bits per heavy atom. The number of nitrogens with zero attached hydrogens (tertiary/aromatic N) is 2. The summed E-state index contributed by atoms with van der Waals surface area (Å²) in [6.45, 7) is 0.227. The second kappa shape index (κ2) is 6.31. The predicted molar refractivity (Wildman–Crippen MR) is 78.7 cm³/mol. The molecule has 1 N–H and O–H groups in total. The highest BCUT2D eigenvalue weighted by molar-refractivity contribution is 9.10. The number of Topliss-reactive ketones (excluding diaryl/α,β-unsaturated/α-hetero) is 1. The van der Waals surface area contributed by atoms with Crippen molar-refractivity contribution in [3.05, 3.63) is 34.3 Å². The van der Waals surface area contributed by atoms with Crippen molar-refractivity contribution in [2.24, 2.45) is 0 Å². The van der Waals surface area contributed by atoms with Crippen molar-refractivity contribution >= 4 is 49.9 Å². The lowest BCUT2D eigenvalue weighted by atomic mass is 10.1. The van der Waals surface area contributed by atoms with E-state index in [1.807, 2.05) is 18.4 Å². The SMILES string of the molecule is CSc1nnc(NCC(=O)c2ccc(Br)cc2)s1. The quantitative estimate of drug-likeness (QED) is 0.666. The van der Waals surface area contributed by atoms with Gasteiger partial charge in [-0.05, 0) is 18.4 Å². The van der Waals surface area contributed by atoms with Crippen LogP contribution in [0, 0.1) is 0 Å². The van der Waals surface area contributed by atoms with Gasteiger partial charge in [0.2, 0.25) is 5.13 Å². The maximum absolute atomic E-state index is 11.9. The number of benzene rings is 1. The Hall–Kier alpha value is -0.920. The zero-order valence-electron chi connectivity index (χ0n) is 9.51. The fraction of sp³-hybridized carbons (Fsp3) is 0.182. The summed E-state index contributed by atoms with van der Waals surface area (Å²) in [4.78, 5) is 11.9. The van der Waals surface area contributed by atoms with Crippen LogP contribution in [-0.4, -0.2) is 28.8 Å². The molecule has 0 bridgehead atoms. The number of halogens is 1. The van der Waals surface area contributed by atoms with Gasteiger partial charge in [-0.2, -0.15) is 0 Å². The molecule has 0 saturated heterocycles. The van der Waals surface area contributed by atoms with Crippen LogP contribution in [-0.2, 0) is 0 Å². The molecular weight excluding hydrogens is 334 g/mol. The van der Waals surface area contributed by atoms with Gasteiger partial charge in [0.25, 0.3) is 0 Å². The topological polar surface area (TPSA) is 54.9 Å². The average molecular weight is 344 g/mol. The summed E-state index contributed by atoms with van der Waals surface area (Å²) >= 11 is 6.31. The minimum Gasteiger partial charge on any atom is -0.353 e. The maximum Gasteiger partial charge on any atom is 0.206 e. The van der Waals surface area contributed by atoms with Crippen molar-refractivity contribution in [1.82, 2.24) is 10.2 Å². The molecule has 0 amide bonds. The number of thioether (sulfide) groups is 1. The molecule has 0 fully saturated rings. The van der Waals surface area contributed by atoms with Crippen molar-refractivity contribution in [1.29, 1.82) is 0 Å². The first kappa shape index (κ1) is 13.5. The average Bonchev–Trinajstić information content (AvgIpc) is 2.85. The molecule has 2 aromatic rings. The Labute approximate surface area is 121 Å². The molecule has 0 spiro atoms. The molecular formula is C11H10BrN3OS2. The van der Waals surface area contributed by atoms with E-state index in [1.165, 1.54) is 23.1 Å². The number of hydrogen-bond donors (Lipinski definition) is 1. The van der Waals surface area contributed by atoms with E-state index in [4.69, 9.17) is 0 Å². The van der Waals surface area contributed by atoms with Gasteiger partial charge in [0, 0.05) is 10.0 Å². The molecule has 94 valence electrons. The van der Waals surface area contributed by atoms with Crippen LogP contribution in [0.25, 0.3) is 0 Å². The number of carbonyl (C=O) groups is 1. The maximum atomic E-state index is 11.9. The van der Waals surface area contributed by atoms with Crippen LogP contribution < -0.4 is 5.32 Å². The number of rotatable bonds is 5. The molecule has 0 radical (unpaired) electrons. The van der Waals surface area contributed by atoms with Gasteiger partial charge in [-0.3, -0.25) is 4.79 Å². The van der Waals surface area contributed by atoms with Crippen LogP contribution >= 0.6 is 39.0 Å². The van der Waals surface area contributed by atoms with E-state index >= 15 is 0 Å².